The van der Waals surface area contributed by atoms with Crippen LogP contribution < -0.4 is 5.32 Å². The smallest absolute Gasteiger partial charge is 0.323 e. The molecule has 1 rings (SSSR count). The number of rotatable bonds is 4. The fourth-order valence-electron chi connectivity index (χ4n) is 1.57. The number of amides is 2. The standard InChI is InChI=1S/C13H17BrN2O3/c1-8(2)16(7-11(17)18)13(19)15-10-6-4-5-9(3)12(10)14/h4-6,8H,7H2,1-3H3,(H,15,19)(H,17,18). The Morgan fingerprint density at radius 2 is 2.05 bits per heavy atom. The summed E-state index contributed by atoms with van der Waals surface area (Å²) in [6, 6.07) is 4.88. The molecule has 6 heteroatoms. The number of hydrogen-bond acceptors (Lipinski definition) is 2. The molecule has 0 aromatic heterocycles. The van der Waals surface area contributed by atoms with E-state index in [1.807, 2.05) is 19.1 Å². The zero-order valence-electron chi connectivity index (χ0n) is 11.1. The lowest BCUT2D eigenvalue weighted by molar-refractivity contribution is -0.137. The van der Waals surface area contributed by atoms with E-state index in [0.717, 1.165) is 10.0 Å². The van der Waals surface area contributed by atoms with Gasteiger partial charge in [0, 0.05) is 10.5 Å². The minimum atomic E-state index is -1.04. The first-order chi connectivity index (χ1) is 8.82. The van der Waals surface area contributed by atoms with Crippen LogP contribution in [0.3, 0.4) is 0 Å². The van der Waals surface area contributed by atoms with E-state index in [0.29, 0.717) is 5.69 Å². The summed E-state index contributed by atoms with van der Waals surface area (Å²) in [5.74, 6) is -1.04. The summed E-state index contributed by atoms with van der Waals surface area (Å²) in [5.41, 5.74) is 1.62. The minimum Gasteiger partial charge on any atom is -0.480 e. The topological polar surface area (TPSA) is 69.6 Å². The molecule has 5 nitrogen and oxygen atoms in total. The Bertz CT molecular complexity index is 489. The van der Waals surface area contributed by atoms with Crippen LogP contribution in [0, 0.1) is 6.92 Å². The Labute approximate surface area is 120 Å². The molecule has 0 saturated heterocycles. The molecule has 0 heterocycles. The van der Waals surface area contributed by atoms with E-state index >= 15 is 0 Å². The lowest BCUT2D eigenvalue weighted by Crippen LogP contribution is -2.43. The van der Waals surface area contributed by atoms with Crippen molar-refractivity contribution in [1.82, 2.24) is 4.90 Å². The summed E-state index contributed by atoms with van der Waals surface area (Å²) >= 11 is 3.40. The Balaban J connectivity index is 2.87. The largest absolute Gasteiger partial charge is 0.480 e. The molecule has 0 atom stereocenters. The molecular weight excluding hydrogens is 312 g/mol. The minimum absolute atomic E-state index is 0.195. The van der Waals surface area contributed by atoms with Crippen molar-refractivity contribution in [2.45, 2.75) is 26.8 Å². The molecular formula is C13H17BrN2O3. The SMILES string of the molecule is Cc1cccc(NC(=O)N(CC(=O)O)C(C)C)c1Br. The van der Waals surface area contributed by atoms with Crippen molar-refractivity contribution in [3.63, 3.8) is 0 Å². The van der Waals surface area contributed by atoms with Gasteiger partial charge in [-0.05, 0) is 48.3 Å². The van der Waals surface area contributed by atoms with Crippen molar-refractivity contribution in [3.05, 3.63) is 28.2 Å². The molecule has 0 aliphatic rings. The zero-order chi connectivity index (χ0) is 14.6. The average molecular weight is 329 g/mol. The number of nitrogens with zero attached hydrogens (tertiary/aromatic N) is 1. The van der Waals surface area contributed by atoms with Gasteiger partial charge in [0.1, 0.15) is 6.54 Å². The average Bonchev–Trinajstić information content (AvgIpc) is 2.31. The molecule has 0 bridgehead atoms. The van der Waals surface area contributed by atoms with E-state index in [2.05, 4.69) is 21.2 Å². The number of halogens is 1. The van der Waals surface area contributed by atoms with Crippen LogP contribution >= 0.6 is 15.9 Å². The Kier molecular flexibility index (Phi) is 5.35. The summed E-state index contributed by atoms with van der Waals surface area (Å²) in [6.07, 6.45) is 0. The maximum Gasteiger partial charge on any atom is 0.323 e. The van der Waals surface area contributed by atoms with Gasteiger partial charge in [-0.15, -0.1) is 0 Å². The number of carboxylic acid groups (broad SMARTS) is 1. The summed E-state index contributed by atoms with van der Waals surface area (Å²) in [5, 5.41) is 11.5. The van der Waals surface area contributed by atoms with Gasteiger partial charge in [-0.25, -0.2) is 4.79 Å². The van der Waals surface area contributed by atoms with Crippen LogP contribution in [-0.2, 0) is 4.79 Å². The fourth-order valence-corrected chi connectivity index (χ4v) is 1.93. The van der Waals surface area contributed by atoms with Gasteiger partial charge in [0.2, 0.25) is 0 Å². The van der Waals surface area contributed by atoms with Crippen LogP contribution in [0.4, 0.5) is 10.5 Å². The van der Waals surface area contributed by atoms with Crippen LogP contribution in [-0.4, -0.2) is 34.6 Å². The van der Waals surface area contributed by atoms with Crippen molar-refractivity contribution in [2.24, 2.45) is 0 Å². The first kappa shape index (κ1) is 15.5. The highest BCUT2D eigenvalue weighted by atomic mass is 79.9. The number of hydrogen-bond donors (Lipinski definition) is 2. The Hall–Kier alpha value is -1.56. The van der Waals surface area contributed by atoms with Gasteiger partial charge in [0.25, 0.3) is 0 Å². The predicted molar refractivity (Wildman–Crippen MR) is 77.4 cm³/mol. The molecule has 0 spiro atoms. The highest BCUT2D eigenvalue weighted by molar-refractivity contribution is 9.10. The van der Waals surface area contributed by atoms with Crippen LogP contribution in [0.1, 0.15) is 19.4 Å². The molecule has 1 aromatic rings. The van der Waals surface area contributed by atoms with Gasteiger partial charge in [0.15, 0.2) is 0 Å². The second kappa shape index (κ2) is 6.56. The van der Waals surface area contributed by atoms with Crippen LogP contribution in [0.2, 0.25) is 0 Å². The van der Waals surface area contributed by atoms with Gasteiger partial charge in [0.05, 0.1) is 5.69 Å². The van der Waals surface area contributed by atoms with E-state index in [-0.39, 0.29) is 12.6 Å². The molecule has 2 N–H and O–H groups in total. The third kappa shape index (κ3) is 4.24. The second-order valence-electron chi connectivity index (χ2n) is 4.48. The molecule has 0 saturated carbocycles. The fraction of sp³-hybridized carbons (Fsp3) is 0.385. The quantitative estimate of drug-likeness (QED) is 0.892. The van der Waals surface area contributed by atoms with Crippen LogP contribution in [0.5, 0.6) is 0 Å². The highest BCUT2D eigenvalue weighted by Crippen LogP contribution is 2.26. The van der Waals surface area contributed by atoms with Crippen molar-refractivity contribution in [3.8, 4) is 0 Å². The predicted octanol–water partition coefficient (Wildman–Crippen LogP) is 3.08. The molecule has 104 valence electrons. The van der Waals surface area contributed by atoms with Gasteiger partial charge >= 0.3 is 12.0 Å². The van der Waals surface area contributed by atoms with E-state index < -0.39 is 12.0 Å². The maximum atomic E-state index is 12.1. The molecule has 0 unspecified atom stereocenters. The number of aliphatic carboxylic acids is 1. The maximum absolute atomic E-state index is 12.1. The summed E-state index contributed by atoms with van der Waals surface area (Å²) < 4.78 is 0.794. The number of urea groups is 1. The lowest BCUT2D eigenvalue weighted by atomic mass is 10.2. The van der Waals surface area contributed by atoms with Crippen LogP contribution in [0.15, 0.2) is 22.7 Å². The van der Waals surface area contributed by atoms with E-state index in [4.69, 9.17) is 5.11 Å². The van der Waals surface area contributed by atoms with Gasteiger partial charge < -0.3 is 15.3 Å². The molecule has 0 fully saturated rings. The van der Waals surface area contributed by atoms with Crippen molar-refractivity contribution in [2.75, 3.05) is 11.9 Å². The molecule has 0 aliphatic carbocycles. The molecule has 19 heavy (non-hydrogen) atoms. The number of carboxylic acids is 1. The third-order valence-corrected chi connectivity index (χ3v) is 3.68. The molecule has 0 aliphatic heterocycles. The lowest BCUT2D eigenvalue weighted by Gasteiger charge is -2.25. The Morgan fingerprint density at radius 3 is 2.58 bits per heavy atom. The molecule has 1 aromatic carbocycles. The van der Waals surface area contributed by atoms with Gasteiger partial charge in [-0.3, -0.25) is 4.79 Å². The zero-order valence-corrected chi connectivity index (χ0v) is 12.7. The van der Waals surface area contributed by atoms with Gasteiger partial charge in [-0.1, -0.05) is 12.1 Å². The third-order valence-electron chi connectivity index (χ3n) is 2.62. The number of anilines is 1. The van der Waals surface area contributed by atoms with Crippen molar-refractivity contribution < 1.29 is 14.7 Å². The first-order valence-corrected chi connectivity index (χ1v) is 6.66. The summed E-state index contributed by atoms with van der Waals surface area (Å²) in [7, 11) is 0. The van der Waals surface area contributed by atoms with E-state index in [1.165, 1.54) is 4.90 Å². The highest BCUT2D eigenvalue weighted by Gasteiger charge is 2.20. The van der Waals surface area contributed by atoms with E-state index in [9.17, 15) is 9.59 Å². The number of carbonyl (C=O) groups is 2. The van der Waals surface area contributed by atoms with Crippen molar-refractivity contribution in [1.29, 1.82) is 0 Å². The number of aryl methyl sites for hydroxylation is 1. The number of benzene rings is 1. The van der Waals surface area contributed by atoms with Gasteiger partial charge in [-0.2, -0.15) is 0 Å². The first-order valence-electron chi connectivity index (χ1n) is 5.87. The Morgan fingerprint density at radius 1 is 1.42 bits per heavy atom. The summed E-state index contributed by atoms with van der Waals surface area (Å²) in [4.78, 5) is 24.1. The van der Waals surface area contributed by atoms with Crippen molar-refractivity contribution >= 4 is 33.6 Å². The summed E-state index contributed by atoms with van der Waals surface area (Å²) in [6.45, 7) is 5.13. The number of carbonyl (C=O) groups excluding carboxylic acids is 1. The van der Waals surface area contributed by atoms with Crippen LogP contribution in [0.25, 0.3) is 0 Å². The second-order valence-corrected chi connectivity index (χ2v) is 5.27. The molecule has 0 radical (unpaired) electrons. The monoisotopic (exact) mass is 328 g/mol. The number of nitrogens with one attached hydrogen (secondary N) is 1. The van der Waals surface area contributed by atoms with E-state index in [1.54, 1.807) is 19.9 Å². The molecule has 2 amide bonds. The normalized spacial score (nSPS) is 10.4.